The second kappa shape index (κ2) is 12.4. The molecule has 0 heterocycles. The van der Waals surface area contributed by atoms with Crippen molar-refractivity contribution in [2.24, 2.45) is 5.73 Å². The van der Waals surface area contributed by atoms with Crippen molar-refractivity contribution in [2.45, 2.75) is 44.4 Å². The van der Waals surface area contributed by atoms with Gasteiger partial charge in [0.2, 0.25) is 0 Å². The predicted octanol–water partition coefficient (Wildman–Crippen LogP) is 3.74. The van der Waals surface area contributed by atoms with E-state index in [1.54, 1.807) is 0 Å². The molecule has 0 fully saturated rings. The predicted molar refractivity (Wildman–Crippen MR) is 136 cm³/mol. The number of rotatable bonds is 11. The molecular formula is C29H34N2O4. The molecule has 0 radical (unpaired) electrons. The van der Waals surface area contributed by atoms with Crippen LogP contribution < -0.4 is 15.2 Å². The molecule has 0 saturated carbocycles. The molecule has 0 aliphatic heterocycles. The minimum absolute atomic E-state index is 0.129. The third-order valence-corrected chi connectivity index (χ3v) is 6.37. The zero-order valence-corrected chi connectivity index (χ0v) is 20.0. The summed E-state index contributed by atoms with van der Waals surface area (Å²) in [4.78, 5) is 13.5. The van der Waals surface area contributed by atoms with Gasteiger partial charge in [-0.25, -0.2) is 0 Å². The largest absolute Gasteiger partial charge is 0.491 e. The van der Waals surface area contributed by atoms with Gasteiger partial charge in [-0.15, -0.1) is 0 Å². The van der Waals surface area contributed by atoms with E-state index in [4.69, 9.17) is 15.2 Å². The van der Waals surface area contributed by atoms with Gasteiger partial charge in [0.25, 0.3) is 5.91 Å². The van der Waals surface area contributed by atoms with Crippen LogP contribution in [0.25, 0.3) is 0 Å². The van der Waals surface area contributed by atoms with Crippen LogP contribution in [0.2, 0.25) is 0 Å². The van der Waals surface area contributed by atoms with Crippen molar-refractivity contribution in [2.75, 3.05) is 19.8 Å². The molecule has 2 atom stereocenters. The molecule has 1 aliphatic carbocycles. The number of nitrogens with zero attached hydrogens (tertiary/aromatic N) is 1. The Labute approximate surface area is 207 Å². The number of hydrogen-bond acceptors (Lipinski definition) is 5. The van der Waals surface area contributed by atoms with Crippen molar-refractivity contribution in [3.8, 4) is 11.5 Å². The molecule has 0 aromatic heterocycles. The topological polar surface area (TPSA) is 85.0 Å². The summed E-state index contributed by atoms with van der Waals surface area (Å²) < 4.78 is 11.4. The number of carbonyl (C=O) groups excluding carboxylic acids is 1. The zero-order valence-electron chi connectivity index (χ0n) is 20.0. The van der Waals surface area contributed by atoms with Gasteiger partial charge in [0, 0.05) is 19.1 Å². The summed E-state index contributed by atoms with van der Waals surface area (Å²) in [7, 11) is 0. The fraction of sp³-hybridized carbons (Fsp3) is 0.345. The van der Waals surface area contributed by atoms with Crippen molar-refractivity contribution >= 4 is 5.91 Å². The highest BCUT2D eigenvalue weighted by Crippen LogP contribution is 2.28. The molecule has 6 nitrogen and oxygen atoms in total. The SMILES string of the molecule is NC(=O)COc1ccc2c(c1)CC(N(Cc1ccccc1)C[C@H](O)COc1ccccc1)CCC2. The molecule has 3 N–H and O–H groups in total. The molecular weight excluding hydrogens is 440 g/mol. The van der Waals surface area contributed by atoms with Crippen LogP contribution in [0.3, 0.4) is 0 Å². The first-order chi connectivity index (χ1) is 17.1. The highest BCUT2D eigenvalue weighted by molar-refractivity contribution is 5.75. The monoisotopic (exact) mass is 474 g/mol. The molecule has 184 valence electrons. The van der Waals surface area contributed by atoms with E-state index in [2.05, 4.69) is 23.1 Å². The van der Waals surface area contributed by atoms with Gasteiger partial charge in [0.1, 0.15) is 24.2 Å². The maximum Gasteiger partial charge on any atom is 0.255 e. The zero-order chi connectivity index (χ0) is 24.5. The Morgan fingerprint density at radius 3 is 2.46 bits per heavy atom. The normalized spacial score (nSPS) is 16.2. The van der Waals surface area contributed by atoms with Crippen LogP contribution in [0.15, 0.2) is 78.9 Å². The van der Waals surface area contributed by atoms with E-state index in [-0.39, 0.29) is 19.3 Å². The number of amides is 1. The number of aliphatic hydroxyl groups is 1. The maximum atomic E-state index is 11.1. The Bertz CT molecular complexity index is 1070. The van der Waals surface area contributed by atoms with Gasteiger partial charge in [-0.1, -0.05) is 54.6 Å². The number of para-hydroxylation sites is 1. The Morgan fingerprint density at radius 2 is 1.71 bits per heavy atom. The molecule has 0 bridgehead atoms. The average Bonchev–Trinajstić information content (AvgIpc) is 3.09. The van der Waals surface area contributed by atoms with Crippen molar-refractivity contribution < 1.29 is 19.4 Å². The van der Waals surface area contributed by atoms with E-state index in [9.17, 15) is 9.90 Å². The molecule has 1 amide bonds. The Morgan fingerprint density at radius 1 is 0.971 bits per heavy atom. The number of benzene rings is 3. The highest BCUT2D eigenvalue weighted by Gasteiger charge is 2.25. The minimum atomic E-state index is -0.619. The number of aliphatic hydroxyl groups excluding tert-OH is 1. The Hall–Kier alpha value is -3.35. The first-order valence-electron chi connectivity index (χ1n) is 12.2. The first kappa shape index (κ1) is 24.8. The van der Waals surface area contributed by atoms with E-state index in [1.165, 1.54) is 16.7 Å². The van der Waals surface area contributed by atoms with Crippen LogP contribution in [0.4, 0.5) is 0 Å². The van der Waals surface area contributed by atoms with E-state index < -0.39 is 12.0 Å². The molecule has 0 saturated heterocycles. The van der Waals surface area contributed by atoms with Crippen LogP contribution in [0.5, 0.6) is 11.5 Å². The minimum Gasteiger partial charge on any atom is -0.491 e. The second-order valence-electron chi connectivity index (χ2n) is 9.13. The molecule has 0 spiro atoms. The lowest BCUT2D eigenvalue weighted by atomic mass is 10.00. The summed E-state index contributed by atoms with van der Waals surface area (Å²) in [5, 5.41) is 10.9. The van der Waals surface area contributed by atoms with Gasteiger partial charge in [0.05, 0.1) is 0 Å². The number of ether oxygens (including phenoxy) is 2. The molecule has 1 unspecified atom stereocenters. The third-order valence-electron chi connectivity index (χ3n) is 6.37. The fourth-order valence-electron chi connectivity index (χ4n) is 4.67. The fourth-order valence-corrected chi connectivity index (χ4v) is 4.67. The van der Waals surface area contributed by atoms with Gasteiger partial charge in [-0.2, -0.15) is 0 Å². The summed E-state index contributed by atoms with van der Waals surface area (Å²) >= 11 is 0. The van der Waals surface area contributed by atoms with Crippen LogP contribution in [0, 0.1) is 0 Å². The van der Waals surface area contributed by atoms with Crippen molar-refractivity contribution in [1.82, 2.24) is 4.90 Å². The second-order valence-corrected chi connectivity index (χ2v) is 9.13. The molecule has 3 aromatic rings. The van der Waals surface area contributed by atoms with Crippen molar-refractivity contribution in [1.29, 1.82) is 0 Å². The molecule has 1 aliphatic rings. The maximum absolute atomic E-state index is 11.1. The Kier molecular flexibility index (Phi) is 8.76. The number of carbonyl (C=O) groups is 1. The van der Waals surface area contributed by atoms with E-state index in [0.29, 0.717) is 12.3 Å². The summed E-state index contributed by atoms with van der Waals surface area (Å²) in [5.74, 6) is 0.931. The first-order valence-corrected chi connectivity index (χ1v) is 12.2. The third kappa shape index (κ3) is 7.57. The van der Waals surface area contributed by atoms with Crippen LogP contribution in [-0.2, 0) is 24.2 Å². The molecule has 6 heteroatoms. The van der Waals surface area contributed by atoms with Crippen LogP contribution >= 0.6 is 0 Å². The van der Waals surface area contributed by atoms with E-state index in [1.807, 2.05) is 60.7 Å². The van der Waals surface area contributed by atoms with Crippen molar-refractivity contribution in [3.05, 3.63) is 95.6 Å². The van der Waals surface area contributed by atoms with Gasteiger partial charge in [0.15, 0.2) is 6.61 Å². The number of nitrogens with two attached hydrogens (primary N) is 1. The van der Waals surface area contributed by atoms with E-state index >= 15 is 0 Å². The standard InChI is InChI=1S/C29H34N2O4/c30-29(33)21-35-28-15-14-23-10-7-11-25(16-24(23)17-28)31(18-22-8-3-1-4-9-22)19-26(32)20-34-27-12-5-2-6-13-27/h1-6,8-9,12-15,17,25-26,32H,7,10-11,16,18-21H2,(H2,30,33)/t25?,26-/m0/s1. The van der Waals surface area contributed by atoms with Gasteiger partial charge >= 0.3 is 0 Å². The van der Waals surface area contributed by atoms with E-state index in [0.717, 1.165) is 38.0 Å². The molecule has 3 aromatic carbocycles. The van der Waals surface area contributed by atoms with Gasteiger partial charge < -0.3 is 20.3 Å². The average molecular weight is 475 g/mol. The lowest BCUT2D eigenvalue weighted by Crippen LogP contribution is -2.42. The molecule has 4 rings (SSSR count). The van der Waals surface area contributed by atoms with Crippen LogP contribution in [0.1, 0.15) is 29.5 Å². The van der Waals surface area contributed by atoms with Gasteiger partial charge in [-0.3, -0.25) is 9.69 Å². The van der Waals surface area contributed by atoms with Crippen molar-refractivity contribution in [3.63, 3.8) is 0 Å². The van der Waals surface area contributed by atoms with Gasteiger partial charge in [-0.05, 0) is 66.6 Å². The lowest BCUT2D eigenvalue weighted by Gasteiger charge is -2.33. The summed E-state index contributed by atoms with van der Waals surface area (Å²) in [6.45, 7) is 1.38. The summed E-state index contributed by atoms with van der Waals surface area (Å²) in [6.07, 6.45) is 3.34. The Balaban J connectivity index is 1.48. The number of primary amides is 1. The number of fused-ring (bicyclic) bond motifs is 1. The summed E-state index contributed by atoms with van der Waals surface area (Å²) in [6, 6.07) is 26.3. The quantitative estimate of drug-likeness (QED) is 0.414. The smallest absolute Gasteiger partial charge is 0.255 e. The van der Waals surface area contributed by atoms with Crippen LogP contribution in [-0.4, -0.2) is 47.8 Å². The number of hydrogen-bond donors (Lipinski definition) is 2. The highest BCUT2D eigenvalue weighted by atomic mass is 16.5. The number of aryl methyl sites for hydroxylation is 1. The lowest BCUT2D eigenvalue weighted by molar-refractivity contribution is -0.119. The summed E-state index contributed by atoms with van der Waals surface area (Å²) in [5.41, 5.74) is 8.99. The molecule has 35 heavy (non-hydrogen) atoms.